The van der Waals surface area contributed by atoms with Crippen molar-refractivity contribution in [2.45, 2.75) is 32.7 Å². The Morgan fingerprint density at radius 3 is 1.93 bits per heavy atom. The molecular formula is C10H15NO3. The van der Waals surface area contributed by atoms with Crippen LogP contribution < -0.4 is 5.32 Å². The van der Waals surface area contributed by atoms with Crippen molar-refractivity contribution in [2.75, 3.05) is 0 Å². The van der Waals surface area contributed by atoms with Gasteiger partial charge in [0.25, 0.3) is 0 Å². The molecule has 0 saturated carbocycles. The highest BCUT2D eigenvalue weighted by Crippen LogP contribution is 2.00. The normalized spacial score (nSPS) is 9.64. The second-order valence-electron chi connectivity index (χ2n) is 3.22. The lowest BCUT2D eigenvalue weighted by atomic mass is 10.1. The molecule has 0 aromatic heterocycles. The summed E-state index contributed by atoms with van der Waals surface area (Å²) in [7, 11) is 0. The van der Waals surface area contributed by atoms with Crippen LogP contribution in [0, 0.1) is 0 Å². The molecule has 14 heavy (non-hydrogen) atoms. The zero-order chi connectivity index (χ0) is 11.1. The quantitative estimate of drug-likeness (QED) is 0.635. The summed E-state index contributed by atoms with van der Waals surface area (Å²) in [5.74, 6) is -0.473. The summed E-state index contributed by atoms with van der Waals surface area (Å²) in [4.78, 5) is 32.6. The highest BCUT2D eigenvalue weighted by atomic mass is 16.2. The fraction of sp³-hybridized carbons (Fsp3) is 0.500. The molecule has 0 aliphatic heterocycles. The molecule has 0 unspecified atom stereocenters. The Balaban J connectivity index is 4.23. The van der Waals surface area contributed by atoms with E-state index in [0.29, 0.717) is 0 Å². The molecule has 0 rings (SSSR count). The molecule has 0 aromatic rings. The number of amides is 1. The minimum absolute atomic E-state index is 0.0550. The molecule has 4 heteroatoms. The van der Waals surface area contributed by atoms with E-state index in [9.17, 15) is 14.4 Å². The third-order valence-electron chi connectivity index (χ3n) is 1.60. The highest BCUT2D eigenvalue weighted by Gasteiger charge is 2.14. The summed E-state index contributed by atoms with van der Waals surface area (Å²) in [6.07, 6.45) is 1.48. The Hall–Kier alpha value is -1.45. The van der Waals surface area contributed by atoms with E-state index >= 15 is 0 Å². The van der Waals surface area contributed by atoms with E-state index in [-0.39, 0.29) is 30.3 Å². The Labute approximate surface area is 83.4 Å². The van der Waals surface area contributed by atoms with Gasteiger partial charge in [-0.05, 0) is 19.9 Å². The molecule has 0 radical (unpaired) electrons. The van der Waals surface area contributed by atoms with E-state index in [4.69, 9.17) is 0 Å². The molecule has 0 aliphatic carbocycles. The lowest BCUT2D eigenvalue weighted by Crippen LogP contribution is -2.36. The summed E-state index contributed by atoms with van der Waals surface area (Å²) < 4.78 is 0. The van der Waals surface area contributed by atoms with Gasteiger partial charge in [-0.2, -0.15) is 0 Å². The Morgan fingerprint density at radius 2 is 1.64 bits per heavy atom. The van der Waals surface area contributed by atoms with Gasteiger partial charge in [-0.1, -0.05) is 6.58 Å². The zero-order valence-electron chi connectivity index (χ0n) is 8.50. The summed E-state index contributed by atoms with van der Waals surface area (Å²) in [5, 5.41) is 2.53. The standard InChI is InChI=1S/C10H15NO3/c1-4-10(14)11-9(5-7(2)12)6-8(3)13/h4,9H,1,5-6H2,2-3H3,(H,11,14). The topological polar surface area (TPSA) is 63.2 Å². The van der Waals surface area contributed by atoms with E-state index in [1.807, 2.05) is 0 Å². The van der Waals surface area contributed by atoms with Crippen molar-refractivity contribution in [1.82, 2.24) is 5.32 Å². The maximum Gasteiger partial charge on any atom is 0.243 e. The van der Waals surface area contributed by atoms with Gasteiger partial charge in [0.2, 0.25) is 5.91 Å². The van der Waals surface area contributed by atoms with Crippen LogP contribution in [-0.2, 0) is 14.4 Å². The second-order valence-corrected chi connectivity index (χ2v) is 3.22. The van der Waals surface area contributed by atoms with Gasteiger partial charge in [0.1, 0.15) is 11.6 Å². The maximum atomic E-state index is 10.9. The van der Waals surface area contributed by atoms with Crippen molar-refractivity contribution in [3.8, 4) is 0 Å². The number of rotatable bonds is 6. The number of ketones is 2. The van der Waals surface area contributed by atoms with Gasteiger partial charge in [0.15, 0.2) is 0 Å². The predicted octanol–water partition coefficient (Wildman–Crippen LogP) is 0.615. The largest absolute Gasteiger partial charge is 0.349 e. The van der Waals surface area contributed by atoms with Crippen molar-refractivity contribution < 1.29 is 14.4 Å². The first-order valence-corrected chi connectivity index (χ1v) is 4.37. The van der Waals surface area contributed by atoms with E-state index in [1.54, 1.807) is 0 Å². The number of carbonyl (C=O) groups excluding carboxylic acids is 3. The average molecular weight is 197 g/mol. The first kappa shape index (κ1) is 12.6. The van der Waals surface area contributed by atoms with Crippen LogP contribution in [-0.4, -0.2) is 23.5 Å². The first-order valence-electron chi connectivity index (χ1n) is 4.37. The lowest BCUT2D eigenvalue weighted by Gasteiger charge is -2.14. The molecule has 0 aromatic carbocycles. The highest BCUT2D eigenvalue weighted by molar-refractivity contribution is 5.88. The predicted molar refractivity (Wildman–Crippen MR) is 52.7 cm³/mol. The third-order valence-corrected chi connectivity index (χ3v) is 1.60. The molecule has 0 bridgehead atoms. The van der Waals surface area contributed by atoms with Gasteiger partial charge in [0, 0.05) is 18.9 Å². The van der Waals surface area contributed by atoms with Crippen LogP contribution in [0.2, 0.25) is 0 Å². The first-order chi connectivity index (χ1) is 6.45. The van der Waals surface area contributed by atoms with E-state index in [0.717, 1.165) is 6.08 Å². The number of hydrogen-bond acceptors (Lipinski definition) is 3. The van der Waals surface area contributed by atoms with Crippen LogP contribution in [0.3, 0.4) is 0 Å². The molecule has 0 saturated heterocycles. The summed E-state index contributed by atoms with van der Waals surface area (Å²) in [6, 6.07) is -0.407. The molecule has 4 nitrogen and oxygen atoms in total. The van der Waals surface area contributed by atoms with Crippen LogP contribution in [0.25, 0.3) is 0 Å². The van der Waals surface area contributed by atoms with Crippen molar-refractivity contribution in [2.24, 2.45) is 0 Å². The molecule has 78 valence electrons. The van der Waals surface area contributed by atoms with Crippen LogP contribution in [0.5, 0.6) is 0 Å². The fourth-order valence-electron chi connectivity index (χ4n) is 1.13. The van der Waals surface area contributed by atoms with Crippen molar-refractivity contribution in [3.63, 3.8) is 0 Å². The van der Waals surface area contributed by atoms with Crippen LogP contribution >= 0.6 is 0 Å². The zero-order valence-corrected chi connectivity index (χ0v) is 8.50. The van der Waals surface area contributed by atoms with Gasteiger partial charge in [-0.3, -0.25) is 14.4 Å². The van der Waals surface area contributed by atoms with Gasteiger partial charge in [-0.15, -0.1) is 0 Å². The Bertz CT molecular complexity index is 242. The summed E-state index contributed by atoms with van der Waals surface area (Å²) in [6.45, 7) is 6.14. The molecule has 0 spiro atoms. The molecule has 1 N–H and O–H groups in total. The Kier molecular flexibility index (Phi) is 5.44. The summed E-state index contributed by atoms with van der Waals surface area (Å²) in [5.41, 5.74) is 0. The van der Waals surface area contributed by atoms with Crippen LogP contribution in [0.15, 0.2) is 12.7 Å². The molecule has 0 fully saturated rings. The summed E-state index contributed by atoms with van der Waals surface area (Å²) >= 11 is 0. The minimum atomic E-state index is -0.407. The maximum absolute atomic E-state index is 10.9. The van der Waals surface area contributed by atoms with Crippen LogP contribution in [0.4, 0.5) is 0 Å². The fourth-order valence-corrected chi connectivity index (χ4v) is 1.13. The molecule has 0 atom stereocenters. The van der Waals surface area contributed by atoms with Crippen molar-refractivity contribution >= 4 is 17.5 Å². The smallest absolute Gasteiger partial charge is 0.243 e. The van der Waals surface area contributed by atoms with Gasteiger partial charge < -0.3 is 5.32 Å². The number of hydrogen-bond donors (Lipinski definition) is 1. The van der Waals surface area contributed by atoms with Gasteiger partial charge in [-0.25, -0.2) is 0 Å². The molecule has 1 amide bonds. The Morgan fingerprint density at radius 1 is 1.21 bits per heavy atom. The van der Waals surface area contributed by atoms with E-state index < -0.39 is 6.04 Å². The third kappa shape index (κ3) is 6.11. The molecule has 0 heterocycles. The van der Waals surface area contributed by atoms with Crippen molar-refractivity contribution in [3.05, 3.63) is 12.7 Å². The van der Waals surface area contributed by atoms with Crippen LogP contribution in [0.1, 0.15) is 26.7 Å². The monoisotopic (exact) mass is 197 g/mol. The second kappa shape index (κ2) is 6.07. The van der Waals surface area contributed by atoms with E-state index in [2.05, 4.69) is 11.9 Å². The average Bonchev–Trinajstić information content (AvgIpc) is 2.01. The number of carbonyl (C=O) groups is 3. The van der Waals surface area contributed by atoms with E-state index in [1.165, 1.54) is 13.8 Å². The lowest BCUT2D eigenvalue weighted by molar-refractivity contribution is -0.120. The number of Topliss-reactive ketones (excluding diaryl/α,β-unsaturated/α-hetero) is 2. The molecular weight excluding hydrogens is 182 g/mol. The SMILES string of the molecule is C=CC(=O)NC(CC(C)=O)CC(C)=O. The van der Waals surface area contributed by atoms with Gasteiger partial charge >= 0.3 is 0 Å². The minimum Gasteiger partial charge on any atom is -0.349 e. The van der Waals surface area contributed by atoms with Gasteiger partial charge in [0.05, 0.1) is 0 Å². The number of nitrogens with one attached hydrogen (secondary N) is 1. The molecule has 0 aliphatic rings. The van der Waals surface area contributed by atoms with Crippen molar-refractivity contribution in [1.29, 1.82) is 0 Å².